The fourth-order valence-electron chi connectivity index (χ4n) is 3.09. The minimum Gasteiger partial charge on any atom is -0.393 e. The molecule has 2 fully saturated rings. The van der Waals surface area contributed by atoms with Gasteiger partial charge in [0.1, 0.15) is 6.61 Å². The minimum absolute atomic E-state index is 0.0176. The van der Waals surface area contributed by atoms with E-state index in [0.29, 0.717) is 26.4 Å². The Morgan fingerprint density at radius 3 is 3.00 bits per heavy atom. The zero-order chi connectivity index (χ0) is 13.7. The third-order valence-corrected chi connectivity index (χ3v) is 4.09. The van der Waals surface area contributed by atoms with Crippen LogP contribution in [0.15, 0.2) is 0 Å². The number of nitrogens with zero attached hydrogens (tertiary/aromatic N) is 1. The summed E-state index contributed by atoms with van der Waals surface area (Å²) in [5.41, 5.74) is 0. The van der Waals surface area contributed by atoms with Gasteiger partial charge < -0.3 is 19.5 Å². The Morgan fingerprint density at radius 1 is 1.47 bits per heavy atom. The van der Waals surface area contributed by atoms with Crippen LogP contribution in [0.5, 0.6) is 0 Å². The van der Waals surface area contributed by atoms with Crippen molar-refractivity contribution in [2.45, 2.75) is 44.8 Å². The van der Waals surface area contributed by atoms with E-state index in [2.05, 4.69) is 0 Å². The van der Waals surface area contributed by atoms with E-state index < -0.39 is 0 Å². The van der Waals surface area contributed by atoms with E-state index in [0.717, 1.165) is 25.7 Å². The predicted molar refractivity (Wildman–Crippen MR) is 70.8 cm³/mol. The van der Waals surface area contributed by atoms with Crippen LogP contribution in [0.3, 0.4) is 0 Å². The van der Waals surface area contributed by atoms with Crippen molar-refractivity contribution in [3.63, 3.8) is 0 Å². The highest BCUT2D eigenvalue weighted by Gasteiger charge is 2.39. The van der Waals surface area contributed by atoms with Crippen molar-refractivity contribution in [1.29, 1.82) is 0 Å². The fraction of sp³-hybridized carbons (Fsp3) is 0.929. The molecule has 110 valence electrons. The van der Waals surface area contributed by atoms with Gasteiger partial charge in [0.2, 0.25) is 5.91 Å². The molecule has 0 spiro atoms. The molecule has 2 aliphatic rings. The first-order valence-corrected chi connectivity index (χ1v) is 7.37. The van der Waals surface area contributed by atoms with Crippen LogP contribution >= 0.6 is 0 Å². The monoisotopic (exact) mass is 271 g/mol. The zero-order valence-electron chi connectivity index (χ0n) is 11.7. The van der Waals surface area contributed by atoms with Crippen molar-refractivity contribution < 1.29 is 19.4 Å². The summed E-state index contributed by atoms with van der Waals surface area (Å²) in [4.78, 5) is 14.1. The lowest BCUT2D eigenvalue weighted by Gasteiger charge is -2.40. The molecule has 1 saturated carbocycles. The van der Waals surface area contributed by atoms with Crippen LogP contribution in [0.2, 0.25) is 0 Å². The van der Waals surface area contributed by atoms with Crippen molar-refractivity contribution in [2.75, 3.05) is 33.0 Å². The van der Waals surface area contributed by atoms with Crippen LogP contribution in [0.4, 0.5) is 0 Å². The van der Waals surface area contributed by atoms with Crippen molar-refractivity contribution >= 4 is 5.91 Å². The quantitative estimate of drug-likeness (QED) is 0.752. The molecule has 1 N–H and O–H groups in total. The van der Waals surface area contributed by atoms with Crippen molar-refractivity contribution in [1.82, 2.24) is 4.90 Å². The molecular weight excluding hydrogens is 246 g/mol. The van der Waals surface area contributed by atoms with Gasteiger partial charge in [-0.05, 0) is 19.3 Å². The van der Waals surface area contributed by atoms with Gasteiger partial charge in [0.05, 0.1) is 25.4 Å². The molecule has 3 unspecified atom stereocenters. The Bertz CT molecular complexity index is 297. The van der Waals surface area contributed by atoms with Gasteiger partial charge in [-0.1, -0.05) is 13.3 Å². The predicted octanol–water partition coefficient (Wildman–Crippen LogP) is 0.801. The van der Waals surface area contributed by atoms with Crippen LogP contribution in [-0.4, -0.2) is 61.0 Å². The van der Waals surface area contributed by atoms with Gasteiger partial charge in [0, 0.05) is 19.1 Å². The molecule has 1 heterocycles. The first-order chi connectivity index (χ1) is 9.24. The molecule has 0 radical (unpaired) electrons. The second kappa shape index (κ2) is 7.22. The summed E-state index contributed by atoms with van der Waals surface area (Å²) in [7, 11) is 0. The molecule has 5 nitrogen and oxygen atoms in total. The SMILES string of the molecule is CCCOCC(=O)N1CCOCC1C1CCCC1O. The molecule has 1 aliphatic carbocycles. The number of morpholine rings is 1. The molecule has 0 aromatic heterocycles. The lowest BCUT2D eigenvalue weighted by atomic mass is 9.94. The number of aliphatic hydroxyl groups excluding tert-OH is 1. The first-order valence-electron chi connectivity index (χ1n) is 7.37. The van der Waals surface area contributed by atoms with E-state index in [1.807, 2.05) is 11.8 Å². The van der Waals surface area contributed by atoms with Gasteiger partial charge in [0.15, 0.2) is 0 Å². The number of carbonyl (C=O) groups excluding carboxylic acids is 1. The third-order valence-electron chi connectivity index (χ3n) is 4.09. The second-order valence-corrected chi connectivity index (χ2v) is 5.44. The van der Waals surface area contributed by atoms with E-state index in [1.165, 1.54) is 0 Å². The maximum Gasteiger partial charge on any atom is 0.248 e. The van der Waals surface area contributed by atoms with Crippen LogP contribution in [-0.2, 0) is 14.3 Å². The maximum atomic E-state index is 12.2. The van der Waals surface area contributed by atoms with Gasteiger partial charge in [-0.15, -0.1) is 0 Å². The molecule has 1 aliphatic heterocycles. The van der Waals surface area contributed by atoms with E-state index in [9.17, 15) is 9.90 Å². The number of rotatable bonds is 5. The van der Waals surface area contributed by atoms with Crippen LogP contribution in [0, 0.1) is 5.92 Å². The zero-order valence-corrected chi connectivity index (χ0v) is 11.7. The van der Waals surface area contributed by atoms with E-state index in [-0.39, 0.29) is 30.6 Å². The van der Waals surface area contributed by atoms with Gasteiger partial charge in [-0.2, -0.15) is 0 Å². The smallest absolute Gasteiger partial charge is 0.248 e. The number of hydrogen-bond acceptors (Lipinski definition) is 4. The normalized spacial score (nSPS) is 31.7. The Labute approximate surface area is 114 Å². The minimum atomic E-state index is -0.293. The Kier molecular flexibility index (Phi) is 5.60. The molecule has 2 rings (SSSR count). The number of ether oxygens (including phenoxy) is 2. The topological polar surface area (TPSA) is 59.0 Å². The summed E-state index contributed by atoms with van der Waals surface area (Å²) in [5, 5.41) is 10.0. The highest BCUT2D eigenvalue weighted by atomic mass is 16.5. The molecule has 3 atom stereocenters. The molecule has 0 aromatic rings. The Hall–Kier alpha value is -0.650. The van der Waals surface area contributed by atoms with Crippen LogP contribution in [0.1, 0.15) is 32.6 Å². The van der Waals surface area contributed by atoms with Crippen molar-refractivity contribution in [3.8, 4) is 0 Å². The van der Waals surface area contributed by atoms with Gasteiger partial charge >= 0.3 is 0 Å². The number of carbonyl (C=O) groups is 1. The number of aliphatic hydroxyl groups is 1. The lowest BCUT2D eigenvalue weighted by Crippen LogP contribution is -2.54. The summed E-state index contributed by atoms with van der Waals surface area (Å²) in [6, 6.07) is 0.0176. The maximum absolute atomic E-state index is 12.2. The summed E-state index contributed by atoms with van der Waals surface area (Å²) in [6.45, 7) is 4.53. The largest absolute Gasteiger partial charge is 0.393 e. The average Bonchev–Trinajstić information content (AvgIpc) is 2.85. The highest BCUT2D eigenvalue weighted by molar-refractivity contribution is 5.78. The van der Waals surface area contributed by atoms with Gasteiger partial charge in [0.25, 0.3) is 0 Å². The van der Waals surface area contributed by atoms with Gasteiger partial charge in [-0.25, -0.2) is 0 Å². The lowest BCUT2D eigenvalue weighted by molar-refractivity contribution is -0.148. The van der Waals surface area contributed by atoms with E-state index in [4.69, 9.17) is 9.47 Å². The summed E-state index contributed by atoms with van der Waals surface area (Å²) in [5.74, 6) is 0.191. The van der Waals surface area contributed by atoms with Crippen LogP contribution in [0.25, 0.3) is 0 Å². The summed E-state index contributed by atoms with van der Waals surface area (Å²) < 4.78 is 10.8. The fourth-order valence-corrected chi connectivity index (χ4v) is 3.09. The molecular formula is C14H25NO4. The van der Waals surface area contributed by atoms with Gasteiger partial charge in [-0.3, -0.25) is 4.79 Å². The second-order valence-electron chi connectivity index (χ2n) is 5.44. The molecule has 1 amide bonds. The Balaban J connectivity index is 1.93. The van der Waals surface area contributed by atoms with Crippen molar-refractivity contribution in [2.24, 2.45) is 5.92 Å². The molecule has 0 aromatic carbocycles. The molecule has 19 heavy (non-hydrogen) atoms. The Morgan fingerprint density at radius 2 is 2.32 bits per heavy atom. The average molecular weight is 271 g/mol. The van der Waals surface area contributed by atoms with Crippen molar-refractivity contribution in [3.05, 3.63) is 0 Å². The standard InChI is InChI=1S/C14H25NO4/c1-2-7-18-10-14(17)15-6-8-19-9-12(15)11-4-3-5-13(11)16/h11-13,16H,2-10H2,1H3. The van der Waals surface area contributed by atoms with E-state index >= 15 is 0 Å². The van der Waals surface area contributed by atoms with E-state index in [1.54, 1.807) is 0 Å². The highest BCUT2D eigenvalue weighted by Crippen LogP contribution is 2.32. The number of amides is 1. The number of hydrogen-bond donors (Lipinski definition) is 1. The first kappa shape index (κ1) is 14.8. The third kappa shape index (κ3) is 3.68. The summed E-state index contributed by atoms with van der Waals surface area (Å²) in [6.07, 6.45) is 3.49. The van der Waals surface area contributed by atoms with Crippen LogP contribution < -0.4 is 0 Å². The molecule has 1 saturated heterocycles. The summed E-state index contributed by atoms with van der Waals surface area (Å²) >= 11 is 0. The molecule has 5 heteroatoms. The molecule has 0 bridgehead atoms.